The Morgan fingerprint density at radius 2 is 1.12 bits per heavy atom. The van der Waals surface area contributed by atoms with Gasteiger partial charge in [0.2, 0.25) is 0 Å². The van der Waals surface area contributed by atoms with Crippen molar-refractivity contribution >= 4 is 0 Å². The Hall–Kier alpha value is -0.160. The molecule has 0 radical (unpaired) electrons. The average molecular weight is 233 g/mol. The number of quaternary nitrogens is 2. The van der Waals surface area contributed by atoms with Gasteiger partial charge in [-0.25, -0.2) is 0 Å². The second-order valence-electron chi connectivity index (χ2n) is 6.59. The highest BCUT2D eigenvalue weighted by Gasteiger charge is 2.14. The van der Waals surface area contributed by atoms with Crippen LogP contribution in [0.2, 0.25) is 0 Å². The van der Waals surface area contributed by atoms with E-state index in [-0.39, 0.29) is 6.61 Å². The smallest absolute Gasteiger partial charge is 0.0909 e. The monoisotopic (exact) mass is 233 g/mol. The minimum atomic E-state index is 0.258. The van der Waals surface area contributed by atoms with Crippen molar-refractivity contribution in [2.75, 3.05) is 81.6 Å². The van der Waals surface area contributed by atoms with Crippen LogP contribution in [0.25, 0.3) is 0 Å². The molecule has 0 amide bonds. The number of hydrogen-bond acceptors (Lipinski definition) is 2. The lowest BCUT2D eigenvalue weighted by Gasteiger charge is -2.31. The highest BCUT2D eigenvalue weighted by molar-refractivity contribution is 4.56. The van der Waals surface area contributed by atoms with Crippen LogP contribution in [-0.4, -0.2) is 101 Å². The second kappa shape index (κ2) is 6.55. The first-order chi connectivity index (χ1) is 7.14. The lowest BCUT2D eigenvalue weighted by Crippen LogP contribution is -2.47. The SMILES string of the molecule is C[N+](C)(C)CCN(CCO)CC[N+](C)(C)C. The van der Waals surface area contributed by atoms with Gasteiger partial charge in [-0.3, -0.25) is 4.90 Å². The molecular formula is C12H31N3O+2. The summed E-state index contributed by atoms with van der Waals surface area (Å²) < 4.78 is 1.96. The van der Waals surface area contributed by atoms with E-state index in [9.17, 15) is 0 Å². The first kappa shape index (κ1) is 15.8. The van der Waals surface area contributed by atoms with E-state index in [0.29, 0.717) is 0 Å². The van der Waals surface area contributed by atoms with E-state index in [2.05, 4.69) is 47.2 Å². The van der Waals surface area contributed by atoms with Gasteiger partial charge in [0.25, 0.3) is 0 Å². The predicted molar refractivity (Wildman–Crippen MR) is 69.3 cm³/mol. The molecule has 0 fully saturated rings. The summed E-state index contributed by atoms with van der Waals surface area (Å²) in [6, 6.07) is 0. The van der Waals surface area contributed by atoms with Crippen LogP contribution in [0.1, 0.15) is 0 Å². The maximum absolute atomic E-state index is 9.04. The quantitative estimate of drug-likeness (QED) is 0.582. The number of aliphatic hydroxyl groups excluding tert-OH is 1. The molecular weight excluding hydrogens is 202 g/mol. The van der Waals surface area contributed by atoms with Crippen molar-refractivity contribution < 1.29 is 14.1 Å². The molecule has 0 aromatic carbocycles. The Bertz CT molecular complexity index is 164. The second-order valence-corrected chi connectivity index (χ2v) is 6.59. The fourth-order valence-electron chi connectivity index (χ4n) is 1.36. The molecule has 0 saturated heterocycles. The highest BCUT2D eigenvalue weighted by atomic mass is 16.3. The van der Waals surface area contributed by atoms with Crippen molar-refractivity contribution in [2.24, 2.45) is 0 Å². The fourth-order valence-corrected chi connectivity index (χ4v) is 1.36. The van der Waals surface area contributed by atoms with Gasteiger partial charge in [0.05, 0.1) is 62.0 Å². The minimum absolute atomic E-state index is 0.258. The third kappa shape index (κ3) is 10.4. The molecule has 0 aliphatic rings. The van der Waals surface area contributed by atoms with Crippen LogP contribution in [-0.2, 0) is 0 Å². The fraction of sp³-hybridized carbons (Fsp3) is 1.00. The van der Waals surface area contributed by atoms with Crippen LogP contribution in [0.4, 0.5) is 0 Å². The van der Waals surface area contributed by atoms with Crippen molar-refractivity contribution in [2.45, 2.75) is 0 Å². The summed E-state index contributed by atoms with van der Waals surface area (Å²) in [4.78, 5) is 2.35. The summed E-state index contributed by atoms with van der Waals surface area (Å²) in [5, 5.41) is 9.04. The molecule has 0 heterocycles. The number of nitrogens with zero attached hydrogens (tertiary/aromatic N) is 3. The van der Waals surface area contributed by atoms with Crippen LogP contribution in [0.5, 0.6) is 0 Å². The van der Waals surface area contributed by atoms with Gasteiger partial charge < -0.3 is 14.1 Å². The average Bonchev–Trinajstić information content (AvgIpc) is 2.07. The van der Waals surface area contributed by atoms with Crippen LogP contribution < -0.4 is 0 Å². The van der Waals surface area contributed by atoms with E-state index in [1.807, 2.05) is 0 Å². The standard InChI is InChI=1S/C12H31N3O/c1-14(2,3)10-7-13(9-12-16)8-11-15(4,5)6/h16H,7-12H2,1-6H3/q+2. The van der Waals surface area contributed by atoms with E-state index in [0.717, 1.165) is 41.7 Å². The van der Waals surface area contributed by atoms with Crippen molar-refractivity contribution in [1.29, 1.82) is 0 Å². The molecule has 0 atom stereocenters. The summed E-state index contributed by atoms with van der Waals surface area (Å²) >= 11 is 0. The van der Waals surface area contributed by atoms with E-state index in [4.69, 9.17) is 5.11 Å². The molecule has 4 nitrogen and oxygen atoms in total. The van der Waals surface area contributed by atoms with Crippen molar-refractivity contribution in [3.8, 4) is 0 Å². The molecule has 4 heteroatoms. The molecule has 0 aliphatic heterocycles. The molecule has 0 aromatic rings. The van der Waals surface area contributed by atoms with Gasteiger partial charge in [0.1, 0.15) is 0 Å². The first-order valence-electron chi connectivity index (χ1n) is 6.08. The molecule has 0 aromatic heterocycles. The molecule has 0 unspecified atom stereocenters. The Labute approximate surface area is 101 Å². The molecule has 0 bridgehead atoms. The third-order valence-corrected chi connectivity index (χ3v) is 2.59. The van der Waals surface area contributed by atoms with Gasteiger partial charge >= 0.3 is 0 Å². The number of rotatable bonds is 8. The van der Waals surface area contributed by atoms with Crippen LogP contribution in [0.15, 0.2) is 0 Å². The normalized spacial score (nSPS) is 13.5. The Morgan fingerprint density at radius 3 is 1.38 bits per heavy atom. The van der Waals surface area contributed by atoms with Crippen molar-refractivity contribution in [3.63, 3.8) is 0 Å². The number of hydrogen-bond donors (Lipinski definition) is 1. The molecule has 1 N–H and O–H groups in total. The minimum Gasteiger partial charge on any atom is -0.395 e. The van der Waals surface area contributed by atoms with E-state index < -0.39 is 0 Å². The van der Waals surface area contributed by atoms with Gasteiger partial charge in [-0.1, -0.05) is 0 Å². The van der Waals surface area contributed by atoms with E-state index in [1.54, 1.807) is 0 Å². The number of aliphatic hydroxyl groups is 1. The zero-order chi connectivity index (χ0) is 12.8. The maximum atomic E-state index is 9.04. The Morgan fingerprint density at radius 1 is 0.750 bits per heavy atom. The van der Waals surface area contributed by atoms with Crippen molar-refractivity contribution in [3.05, 3.63) is 0 Å². The summed E-state index contributed by atoms with van der Waals surface area (Å²) in [6.45, 7) is 5.41. The zero-order valence-electron chi connectivity index (χ0n) is 12.0. The third-order valence-electron chi connectivity index (χ3n) is 2.59. The molecule has 98 valence electrons. The largest absolute Gasteiger partial charge is 0.395 e. The van der Waals surface area contributed by atoms with Crippen LogP contribution >= 0.6 is 0 Å². The van der Waals surface area contributed by atoms with Crippen LogP contribution in [0, 0.1) is 0 Å². The Balaban J connectivity index is 3.98. The molecule has 0 aliphatic carbocycles. The maximum Gasteiger partial charge on any atom is 0.0909 e. The summed E-state index contributed by atoms with van der Waals surface area (Å²) in [5.74, 6) is 0. The molecule has 0 rings (SSSR count). The van der Waals surface area contributed by atoms with Crippen molar-refractivity contribution in [1.82, 2.24) is 4.90 Å². The summed E-state index contributed by atoms with van der Waals surface area (Å²) in [7, 11) is 13.2. The molecule has 16 heavy (non-hydrogen) atoms. The van der Waals surface area contributed by atoms with Gasteiger partial charge in [0.15, 0.2) is 0 Å². The lowest BCUT2D eigenvalue weighted by atomic mass is 10.4. The van der Waals surface area contributed by atoms with Gasteiger partial charge in [-0.05, 0) is 0 Å². The summed E-state index contributed by atoms with van der Waals surface area (Å²) in [5.41, 5.74) is 0. The van der Waals surface area contributed by atoms with Gasteiger partial charge in [0, 0.05) is 19.6 Å². The van der Waals surface area contributed by atoms with E-state index in [1.165, 1.54) is 0 Å². The summed E-state index contributed by atoms with van der Waals surface area (Å²) in [6.07, 6.45) is 0. The Kier molecular flexibility index (Phi) is 6.48. The molecule has 0 spiro atoms. The van der Waals surface area contributed by atoms with Gasteiger partial charge in [-0.15, -0.1) is 0 Å². The highest BCUT2D eigenvalue weighted by Crippen LogP contribution is 1.97. The number of likely N-dealkylation sites (N-methyl/N-ethyl adjacent to an activating group) is 2. The zero-order valence-corrected chi connectivity index (χ0v) is 12.0. The first-order valence-corrected chi connectivity index (χ1v) is 6.08. The predicted octanol–water partition coefficient (Wildman–Crippen LogP) is -0.307. The topological polar surface area (TPSA) is 23.5 Å². The van der Waals surface area contributed by atoms with E-state index >= 15 is 0 Å². The lowest BCUT2D eigenvalue weighted by molar-refractivity contribution is -0.872. The van der Waals surface area contributed by atoms with Gasteiger partial charge in [-0.2, -0.15) is 0 Å². The molecule has 0 saturated carbocycles. The van der Waals surface area contributed by atoms with Crippen LogP contribution in [0.3, 0.4) is 0 Å².